The van der Waals surface area contributed by atoms with Crippen molar-refractivity contribution in [2.24, 2.45) is 0 Å². The molecule has 0 unspecified atom stereocenters. The fraction of sp³-hybridized carbons (Fsp3) is 0.529. The molecule has 0 spiro atoms. The highest BCUT2D eigenvalue weighted by Crippen LogP contribution is 2.21. The lowest BCUT2D eigenvalue weighted by molar-refractivity contribution is 0.0272. The van der Waals surface area contributed by atoms with Crippen LogP contribution < -0.4 is 0 Å². The molecule has 1 aliphatic heterocycles. The first kappa shape index (κ1) is 16.7. The van der Waals surface area contributed by atoms with Gasteiger partial charge >= 0.3 is 0 Å². The van der Waals surface area contributed by atoms with E-state index in [0.717, 1.165) is 19.4 Å². The first-order valence-corrected chi connectivity index (χ1v) is 8.28. The number of nitrogens with zero attached hydrogens (tertiary/aromatic N) is 3. The van der Waals surface area contributed by atoms with Crippen molar-refractivity contribution in [3.05, 3.63) is 30.2 Å². The van der Waals surface area contributed by atoms with Crippen LogP contribution in [0.5, 0.6) is 0 Å². The summed E-state index contributed by atoms with van der Waals surface area (Å²) in [6.07, 6.45) is 3.34. The SMILES string of the molecule is CN(C)CCN(C(=O)c1cc(-c2ccco2)[nH]n1)C1CCOCC1. The van der Waals surface area contributed by atoms with E-state index in [1.54, 1.807) is 12.3 Å². The van der Waals surface area contributed by atoms with E-state index in [1.165, 1.54) is 0 Å². The number of aromatic nitrogens is 2. The number of furan rings is 1. The van der Waals surface area contributed by atoms with Gasteiger partial charge in [-0.25, -0.2) is 0 Å². The number of hydrogen-bond donors (Lipinski definition) is 1. The van der Waals surface area contributed by atoms with Crippen molar-refractivity contribution in [3.8, 4) is 11.5 Å². The van der Waals surface area contributed by atoms with Gasteiger partial charge in [-0.2, -0.15) is 5.10 Å². The molecule has 2 aromatic rings. The zero-order chi connectivity index (χ0) is 16.9. The predicted molar refractivity (Wildman–Crippen MR) is 89.7 cm³/mol. The van der Waals surface area contributed by atoms with Crippen molar-refractivity contribution in [2.75, 3.05) is 40.4 Å². The maximum Gasteiger partial charge on any atom is 0.274 e. The molecule has 0 bridgehead atoms. The molecule has 0 saturated carbocycles. The summed E-state index contributed by atoms with van der Waals surface area (Å²) in [5, 5.41) is 7.08. The Morgan fingerprint density at radius 1 is 1.33 bits per heavy atom. The molecular weight excluding hydrogens is 308 g/mol. The fourth-order valence-electron chi connectivity index (χ4n) is 2.89. The maximum atomic E-state index is 13.0. The molecule has 7 nitrogen and oxygen atoms in total. The van der Waals surface area contributed by atoms with E-state index in [9.17, 15) is 4.79 Å². The number of likely N-dealkylation sites (N-methyl/N-ethyl adjacent to an activating group) is 1. The van der Waals surface area contributed by atoms with Gasteiger partial charge < -0.3 is 19.0 Å². The molecule has 1 aliphatic rings. The van der Waals surface area contributed by atoms with Crippen LogP contribution in [-0.2, 0) is 4.74 Å². The van der Waals surface area contributed by atoms with Gasteiger partial charge in [0, 0.05) is 38.4 Å². The van der Waals surface area contributed by atoms with E-state index in [1.807, 2.05) is 31.1 Å². The van der Waals surface area contributed by atoms with E-state index >= 15 is 0 Å². The normalized spacial score (nSPS) is 15.8. The smallest absolute Gasteiger partial charge is 0.274 e. The molecule has 7 heteroatoms. The second kappa shape index (κ2) is 7.63. The maximum absolute atomic E-state index is 13.0. The molecule has 3 rings (SSSR count). The number of aromatic amines is 1. The predicted octanol–water partition coefficient (Wildman–Crippen LogP) is 1.85. The molecule has 2 aromatic heterocycles. The summed E-state index contributed by atoms with van der Waals surface area (Å²) in [6.45, 7) is 2.90. The third-order valence-corrected chi connectivity index (χ3v) is 4.26. The number of amides is 1. The minimum absolute atomic E-state index is 0.0437. The van der Waals surface area contributed by atoms with Crippen LogP contribution in [0.15, 0.2) is 28.9 Å². The van der Waals surface area contributed by atoms with Crippen LogP contribution in [-0.4, -0.2) is 72.3 Å². The van der Waals surface area contributed by atoms with Crippen molar-refractivity contribution in [1.82, 2.24) is 20.0 Å². The summed E-state index contributed by atoms with van der Waals surface area (Å²) >= 11 is 0. The number of rotatable bonds is 6. The van der Waals surface area contributed by atoms with Gasteiger partial charge in [0.15, 0.2) is 11.5 Å². The van der Waals surface area contributed by atoms with Crippen LogP contribution >= 0.6 is 0 Å². The number of hydrogen-bond acceptors (Lipinski definition) is 5. The molecule has 1 saturated heterocycles. The van der Waals surface area contributed by atoms with E-state index in [2.05, 4.69) is 15.1 Å². The average molecular weight is 332 g/mol. The van der Waals surface area contributed by atoms with Gasteiger partial charge in [-0.1, -0.05) is 0 Å². The lowest BCUT2D eigenvalue weighted by Gasteiger charge is -2.34. The molecule has 1 amide bonds. The zero-order valence-corrected chi connectivity index (χ0v) is 14.2. The standard InChI is InChI=1S/C17H24N4O3/c1-20(2)7-8-21(13-5-10-23-11-6-13)17(22)15-12-14(18-19-15)16-4-3-9-24-16/h3-4,9,12-13H,5-8,10-11H2,1-2H3,(H,18,19). The van der Waals surface area contributed by atoms with Crippen LogP contribution in [0.1, 0.15) is 23.3 Å². The monoisotopic (exact) mass is 332 g/mol. The van der Waals surface area contributed by atoms with Gasteiger partial charge in [0.2, 0.25) is 0 Å². The van der Waals surface area contributed by atoms with Gasteiger partial charge in [-0.3, -0.25) is 9.89 Å². The molecule has 24 heavy (non-hydrogen) atoms. The Hall–Kier alpha value is -2.12. The minimum Gasteiger partial charge on any atom is -0.463 e. The van der Waals surface area contributed by atoms with E-state index in [4.69, 9.17) is 9.15 Å². The van der Waals surface area contributed by atoms with Crippen molar-refractivity contribution in [2.45, 2.75) is 18.9 Å². The van der Waals surface area contributed by atoms with Gasteiger partial charge in [0.25, 0.3) is 5.91 Å². The van der Waals surface area contributed by atoms with Gasteiger partial charge in [0.1, 0.15) is 5.69 Å². The Morgan fingerprint density at radius 3 is 2.79 bits per heavy atom. The molecule has 0 aliphatic carbocycles. The summed E-state index contributed by atoms with van der Waals surface area (Å²) in [4.78, 5) is 17.0. The minimum atomic E-state index is -0.0437. The molecular formula is C17H24N4O3. The van der Waals surface area contributed by atoms with E-state index in [-0.39, 0.29) is 11.9 Å². The lowest BCUT2D eigenvalue weighted by Crippen LogP contribution is -2.46. The highest BCUT2D eigenvalue weighted by molar-refractivity contribution is 5.93. The molecule has 130 valence electrons. The topological polar surface area (TPSA) is 74.6 Å². The summed E-state index contributed by atoms with van der Waals surface area (Å²) in [5.74, 6) is 0.630. The first-order chi connectivity index (χ1) is 11.6. The Kier molecular flexibility index (Phi) is 5.32. The Morgan fingerprint density at radius 2 is 2.12 bits per heavy atom. The molecule has 1 N–H and O–H groups in total. The number of nitrogens with one attached hydrogen (secondary N) is 1. The van der Waals surface area contributed by atoms with Crippen LogP contribution in [0.25, 0.3) is 11.5 Å². The Labute approximate surface area is 141 Å². The highest BCUT2D eigenvalue weighted by Gasteiger charge is 2.28. The van der Waals surface area contributed by atoms with Crippen molar-refractivity contribution < 1.29 is 13.9 Å². The summed E-state index contributed by atoms with van der Waals surface area (Å²) in [5.41, 5.74) is 1.13. The Bertz CT molecular complexity index is 645. The fourth-order valence-corrected chi connectivity index (χ4v) is 2.89. The Balaban J connectivity index is 1.76. The summed E-state index contributed by atoms with van der Waals surface area (Å²) in [7, 11) is 4.02. The number of H-pyrrole nitrogens is 1. The van der Waals surface area contributed by atoms with E-state index < -0.39 is 0 Å². The quantitative estimate of drug-likeness (QED) is 0.874. The lowest BCUT2D eigenvalue weighted by atomic mass is 10.1. The number of carbonyl (C=O) groups excluding carboxylic acids is 1. The number of ether oxygens (including phenoxy) is 1. The second-order valence-electron chi connectivity index (χ2n) is 6.29. The molecule has 1 fully saturated rings. The van der Waals surface area contributed by atoms with Crippen LogP contribution in [0.3, 0.4) is 0 Å². The van der Waals surface area contributed by atoms with Gasteiger partial charge in [0.05, 0.1) is 6.26 Å². The van der Waals surface area contributed by atoms with Crippen LogP contribution in [0, 0.1) is 0 Å². The molecule has 0 radical (unpaired) electrons. The largest absolute Gasteiger partial charge is 0.463 e. The third-order valence-electron chi connectivity index (χ3n) is 4.26. The van der Waals surface area contributed by atoms with Crippen molar-refractivity contribution >= 4 is 5.91 Å². The molecule has 0 aromatic carbocycles. The first-order valence-electron chi connectivity index (χ1n) is 8.28. The van der Waals surface area contributed by atoms with Crippen LogP contribution in [0.4, 0.5) is 0 Å². The van der Waals surface area contributed by atoms with Gasteiger partial charge in [-0.15, -0.1) is 0 Å². The number of carbonyl (C=O) groups is 1. The highest BCUT2D eigenvalue weighted by atomic mass is 16.5. The summed E-state index contributed by atoms with van der Waals surface area (Å²) in [6, 6.07) is 5.60. The summed E-state index contributed by atoms with van der Waals surface area (Å²) < 4.78 is 10.8. The molecule has 0 atom stereocenters. The van der Waals surface area contributed by atoms with E-state index in [0.29, 0.717) is 36.9 Å². The van der Waals surface area contributed by atoms with Crippen LogP contribution in [0.2, 0.25) is 0 Å². The zero-order valence-electron chi connectivity index (χ0n) is 14.2. The van der Waals surface area contributed by atoms with Crippen molar-refractivity contribution in [1.29, 1.82) is 0 Å². The average Bonchev–Trinajstić information content (AvgIpc) is 3.27. The second-order valence-corrected chi connectivity index (χ2v) is 6.29. The molecule has 3 heterocycles. The third kappa shape index (κ3) is 3.85. The van der Waals surface area contributed by atoms with Crippen molar-refractivity contribution in [3.63, 3.8) is 0 Å². The van der Waals surface area contributed by atoms with Gasteiger partial charge in [-0.05, 0) is 39.1 Å².